The van der Waals surface area contributed by atoms with Crippen LogP contribution in [0.5, 0.6) is 0 Å². The molecule has 4 rings (SSSR count). The Morgan fingerprint density at radius 3 is 2.60 bits per heavy atom. The first-order chi connectivity index (χ1) is 14.4. The lowest BCUT2D eigenvalue weighted by atomic mass is 10.0. The van der Waals surface area contributed by atoms with Crippen molar-refractivity contribution in [3.05, 3.63) is 65.2 Å². The van der Waals surface area contributed by atoms with E-state index in [-0.39, 0.29) is 23.9 Å². The molecule has 2 aliphatic heterocycles. The molecule has 2 heterocycles. The van der Waals surface area contributed by atoms with E-state index in [9.17, 15) is 14.4 Å². The van der Waals surface area contributed by atoms with Gasteiger partial charge in [0.15, 0.2) is 0 Å². The minimum absolute atomic E-state index is 0.0951. The number of benzene rings is 2. The van der Waals surface area contributed by atoms with Gasteiger partial charge >= 0.3 is 6.03 Å². The summed E-state index contributed by atoms with van der Waals surface area (Å²) in [4.78, 5) is 39.5. The molecular formula is C23H26N4O3. The van der Waals surface area contributed by atoms with Gasteiger partial charge in [0.1, 0.15) is 12.1 Å². The summed E-state index contributed by atoms with van der Waals surface area (Å²) in [5.41, 5.74) is 3.96. The lowest BCUT2D eigenvalue weighted by Gasteiger charge is -2.34. The first kappa shape index (κ1) is 19.9. The number of urea groups is 1. The van der Waals surface area contributed by atoms with Crippen molar-refractivity contribution in [3.63, 3.8) is 0 Å². The number of aryl methyl sites for hydroxylation is 2. The smallest absolute Gasteiger partial charge is 0.319 e. The molecule has 2 fully saturated rings. The van der Waals surface area contributed by atoms with E-state index in [4.69, 9.17) is 0 Å². The van der Waals surface area contributed by atoms with Crippen LogP contribution in [-0.2, 0) is 16.0 Å². The van der Waals surface area contributed by atoms with Crippen molar-refractivity contribution in [2.24, 2.45) is 0 Å². The molecular weight excluding hydrogens is 380 g/mol. The zero-order chi connectivity index (χ0) is 21.3. The van der Waals surface area contributed by atoms with Gasteiger partial charge in [-0.05, 0) is 49.1 Å². The second-order valence-electron chi connectivity index (χ2n) is 8.09. The molecule has 156 valence electrons. The van der Waals surface area contributed by atoms with Gasteiger partial charge in [-0.3, -0.25) is 9.59 Å². The molecule has 7 nitrogen and oxygen atoms in total. The van der Waals surface area contributed by atoms with Gasteiger partial charge in [0.25, 0.3) is 0 Å². The van der Waals surface area contributed by atoms with Gasteiger partial charge in [0.2, 0.25) is 11.8 Å². The van der Waals surface area contributed by atoms with Crippen molar-refractivity contribution in [1.29, 1.82) is 0 Å². The van der Waals surface area contributed by atoms with E-state index < -0.39 is 12.1 Å². The van der Waals surface area contributed by atoms with Gasteiger partial charge in [-0.25, -0.2) is 4.79 Å². The first-order valence-electron chi connectivity index (χ1n) is 10.2. The molecule has 0 unspecified atom stereocenters. The second kappa shape index (κ2) is 8.18. The number of piperazine rings is 1. The minimum Gasteiger partial charge on any atom is -0.342 e. The molecule has 0 bridgehead atoms. The van der Waals surface area contributed by atoms with E-state index >= 15 is 0 Å². The summed E-state index contributed by atoms with van der Waals surface area (Å²) in [6, 6.07) is 13.6. The van der Waals surface area contributed by atoms with Crippen LogP contribution in [-0.4, -0.2) is 47.4 Å². The third-order valence-corrected chi connectivity index (χ3v) is 5.88. The van der Waals surface area contributed by atoms with E-state index in [2.05, 4.69) is 16.0 Å². The lowest BCUT2D eigenvalue weighted by Crippen LogP contribution is -2.61. The molecule has 4 amide bonds. The molecule has 2 aromatic rings. The van der Waals surface area contributed by atoms with Gasteiger partial charge in [-0.1, -0.05) is 36.4 Å². The number of nitrogens with zero attached hydrogens (tertiary/aromatic N) is 1. The van der Waals surface area contributed by atoms with Gasteiger partial charge in [-0.15, -0.1) is 0 Å². The van der Waals surface area contributed by atoms with Gasteiger partial charge in [0, 0.05) is 18.7 Å². The number of rotatable bonds is 4. The molecule has 2 saturated heterocycles. The maximum Gasteiger partial charge on any atom is 0.319 e. The number of carbonyl (C=O) groups excluding carboxylic acids is 3. The highest BCUT2D eigenvalue weighted by molar-refractivity contribution is 5.98. The Bertz CT molecular complexity index is 976. The number of hydrogen-bond acceptors (Lipinski definition) is 3. The quantitative estimate of drug-likeness (QED) is 0.727. The maximum atomic E-state index is 12.9. The monoisotopic (exact) mass is 406 g/mol. The van der Waals surface area contributed by atoms with Crippen LogP contribution in [0.1, 0.15) is 23.1 Å². The molecule has 0 saturated carbocycles. The molecule has 0 aliphatic carbocycles. The fourth-order valence-electron chi connectivity index (χ4n) is 4.12. The van der Waals surface area contributed by atoms with Crippen LogP contribution in [0.15, 0.2) is 48.5 Å². The van der Waals surface area contributed by atoms with Crippen LogP contribution >= 0.6 is 0 Å². The van der Waals surface area contributed by atoms with Gasteiger partial charge < -0.3 is 20.9 Å². The highest BCUT2D eigenvalue weighted by Gasteiger charge is 2.46. The molecule has 2 aliphatic rings. The van der Waals surface area contributed by atoms with Crippen LogP contribution in [0.2, 0.25) is 0 Å². The fraction of sp³-hybridized carbons (Fsp3) is 0.348. The summed E-state index contributed by atoms with van der Waals surface area (Å²) in [7, 11) is 0. The average Bonchev–Trinajstić information content (AvgIpc) is 3.14. The van der Waals surface area contributed by atoms with E-state index in [1.807, 2.05) is 62.4 Å². The van der Waals surface area contributed by atoms with Crippen molar-refractivity contribution in [2.75, 3.05) is 11.9 Å². The van der Waals surface area contributed by atoms with Gasteiger partial charge in [-0.2, -0.15) is 0 Å². The molecule has 0 spiro atoms. The first-order valence-corrected chi connectivity index (χ1v) is 10.2. The van der Waals surface area contributed by atoms with Crippen LogP contribution in [0.25, 0.3) is 0 Å². The summed E-state index contributed by atoms with van der Waals surface area (Å²) in [5.74, 6) is -0.253. The Hall–Kier alpha value is -3.35. The van der Waals surface area contributed by atoms with Crippen molar-refractivity contribution < 1.29 is 14.4 Å². The average molecular weight is 406 g/mol. The predicted octanol–water partition coefficient (Wildman–Crippen LogP) is 2.14. The molecule has 2 aromatic carbocycles. The van der Waals surface area contributed by atoms with E-state index in [0.717, 1.165) is 16.7 Å². The molecule has 3 N–H and O–H groups in total. The highest BCUT2D eigenvalue weighted by Crippen LogP contribution is 2.24. The number of carbonyl (C=O) groups is 3. The summed E-state index contributed by atoms with van der Waals surface area (Å²) in [6.07, 6.45) is 0.871. The van der Waals surface area contributed by atoms with Crippen LogP contribution < -0.4 is 16.0 Å². The predicted molar refractivity (Wildman–Crippen MR) is 114 cm³/mol. The Labute approximate surface area is 175 Å². The minimum atomic E-state index is -0.570. The number of hydrogen-bond donors (Lipinski definition) is 3. The third kappa shape index (κ3) is 4.15. The normalized spacial score (nSPS) is 23.0. The topological polar surface area (TPSA) is 90.5 Å². The summed E-state index contributed by atoms with van der Waals surface area (Å²) in [5, 5.41) is 8.58. The number of nitrogens with one attached hydrogen (secondary N) is 3. The molecule has 3 atom stereocenters. The standard InChI is InChI=1S/C23H26N4O3/c1-14-8-9-17(10-15(14)2)24-23(30)25-18-12-20-21(28)26-19(22(29)27(20)13-18)11-16-6-4-3-5-7-16/h3-10,18-20H,11-13H2,1-2H3,(H,26,28)(H2,24,25,30)/t18-,19+,20-/m0/s1. The van der Waals surface area contributed by atoms with E-state index in [1.165, 1.54) is 0 Å². The number of anilines is 1. The van der Waals surface area contributed by atoms with Crippen LogP contribution in [0.3, 0.4) is 0 Å². The van der Waals surface area contributed by atoms with Crippen LogP contribution in [0.4, 0.5) is 10.5 Å². The molecule has 7 heteroatoms. The largest absolute Gasteiger partial charge is 0.342 e. The Balaban J connectivity index is 1.37. The number of amides is 4. The maximum absolute atomic E-state index is 12.9. The van der Waals surface area contributed by atoms with Crippen molar-refractivity contribution in [2.45, 2.75) is 44.8 Å². The van der Waals surface area contributed by atoms with Crippen LogP contribution in [0, 0.1) is 13.8 Å². The van der Waals surface area contributed by atoms with Gasteiger partial charge in [0.05, 0.1) is 6.04 Å². The Morgan fingerprint density at radius 1 is 1.10 bits per heavy atom. The third-order valence-electron chi connectivity index (χ3n) is 5.88. The Kier molecular flexibility index (Phi) is 5.44. The van der Waals surface area contributed by atoms with Crippen molar-refractivity contribution in [3.8, 4) is 0 Å². The summed E-state index contributed by atoms with van der Waals surface area (Å²) < 4.78 is 0. The highest BCUT2D eigenvalue weighted by atomic mass is 16.2. The molecule has 0 radical (unpaired) electrons. The fourth-order valence-corrected chi connectivity index (χ4v) is 4.12. The zero-order valence-corrected chi connectivity index (χ0v) is 17.1. The zero-order valence-electron chi connectivity index (χ0n) is 17.1. The van der Waals surface area contributed by atoms with Crippen molar-refractivity contribution >= 4 is 23.5 Å². The van der Waals surface area contributed by atoms with E-state index in [1.54, 1.807) is 4.90 Å². The second-order valence-corrected chi connectivity index (χ2v) is 8.09. The molecule has 30 heavy (non-hydrogen) atoms. The molecule has 0 aromatic heterocycles. The summed E-state index contributed by atoms with van der Waals surface area (Å²) >= 11 is 0. The SMILES string of the molecule is Cc1ccc(NC(=O)N[C@H]2C[C@H]3C(=O)N[C@H](Cc4ccccc4)C(=O)N3C2)cc1C. The Morgan fingerprint density at radius 2 is 1.87 bits per heavy atom. The summed E-state index contributed by atoms with van der Waals surface area (Å²) in [6.45, 7) is 4.34. The van der Waals surface area contributed by atoms with Crippen molar-refractivity contribution in [1.82, 2.24) is 15.5 Å². The lowest BCUT2D eigenvalue weighted by molar-refractivity contribution is -0.147. The number of fused-ring (bicyclic) bond motifs is 1. The van der Waals surface area contributed by atoms with E-state index in [0.29, 0.717) is 25.1 Å².